The van der Waals surface area contributed by atoms with E-state index < -0.39 is 0 Å². The van der Waals surface area contributed by atoms with Crippen molar-refractivity contribution in [1.82, 2.24) is 10.6 Å². The number of benzene rings is 1. The normalized spacial score (nSPS) is 10.3. The predicted octanol–water partition coefficient (Wildman–Crippen LogP) is 2.22. The van der Waals surface area contributed by atoms with Gasteiger partial charge in [-0.15, -0.1) is 0 Å². The number of nitrogens with one attached hydrogen (secondary N) is 2. The van der Waals surface area contributed by atoms with Crippen LogP contribution in [0.5, 0.6) is 0 Å². The van der Waals surface area contributed by atoms with E-state index in [1.807, 2.05) is 0 Å². The van der Waals surface area contributed by atoms with E-state index >= 15 is 0 Å². The minimum atomic E-state index is -0.279. The molecule has 2 N–H and O–H groups in total. The lowest BCUT2D eigenvalue weighted by atomic mass is 10.2. The quantitative estimate of drug-likeness (QED) is 0.697. The zero-order valence-corrected chi connectivity index (χ0v) is 10.8. The van der Waals surface area contributed by atoms with Crippen LogP contribution in [0.4, 0.5) is 4.39 Å². The van der Waals surface area contributed by atoms with Gasteiger partial charge < -0.3 is 10.6 Å². The van der Waals surface area contributed by atoms with E-state index in [-0.39, 0.29) is 18.3 Å². The minimum absolute atomic E-state index is 0.0535. The molecule has 0 spiro atoms. The highest BCUT2D eigenvalue weighted by atomic mass is 19.1. The zero-order valence-electron chi connectivity index (χ0n) is 10.8. The molecule has 100 valence electrons. The topological polar surface area (TPSA) is 41.1 Å². The van der Waals surface area contributed by atoms with Crippen LogP contribution in [-0.4, -0.2) is 19.0 Å². The highest BCUT2D eigenvalue weighted by molar-refractivity contribution is 5.76. The fraction of sp³-hybridized carbons (Fsp3) is 0.500. The molecular formula is C14H21FN2O. The third kappa shape index (κ3) is 5.77. The SMILES string of the molecule is CCCCNCCC(=O)NCc1ccccc1F. The van der Waals surface area contributed by atoms with Crippen molar-refractivity contribution in [3.63, 3.8) is 0 Å². The number of halogens is 1. The molecule has 0 fully saturated rings. The van der Waals surface area contributed by atoms with Crippen LogP contribution in [0.1, 0.15) is 31.7 Å². The number of amides is 1. The van der Waals surface area contributed by atoms with Gasteiger partial charge in [0.25, 0.3) is 0 Å². The van der Waals surface area contributed by atoms with Gasteiger partial charge in [-0.1, -0.05) is 31.5 Å². The molecule has 3 nitrogen and oxygen atoms in total. The molecule has 0 radical (unpaired) electrons. The van der Waals surface area contributed by atoms with Crippen LogP contribution in [0.2, 0.25) is 0 Å². The van der Waals surface area contributed by atoms with E-state index in [2.05, 4.69) is 17.6 Å². The molecule has 0 bridgehead atoms. The third-order valence-electron chi connectivity index (χ3n) is 2.67. The van der Waals surface area contributed by atoms with Crippen molar-refractivity contribution < 1.29 is 9.18 Å². The average Bonchev–Trinajstić information content (AvgIpc) is 2.37. The van der Waals surface area contributed by atoms with Crippen LogP contribution in [-0.2, 0) is 11.3 Å². The molecule has 0 saturated heterocycles. The number of rotatable bonds is 8. The molecule has 1 aromatic carbocycles. The first-order valence-corrected chi connectivity index (χ1v) is 6.45. The Labute approximate surface area is 108 Å². The van der Waals surface area contributed by atoms with Crippen molar-refractivity contribution in [2.75, 3.05) is 13.1 Å². The van der Waals surface area contributed by atoms with Gasteiger partial charge in [-0.05, 0) is 19.0 Å². The van der Waals surface area contributed by atoms with Crippen molar-refractivity contribution in [3.05, 3.63) is 35.6 Å². The van der Waals surface area contributed by atoms with Gasteiger partial charge in [0.05, 0.1) is 0 Å². The van der Waals surface area contributed by atoms with E-state index in [9.17, 15) is 9.18 Å². The molecule has 1 amide bonds. The second kappa shape index (κ2) is 8.64. The highest BCUT2D eigenvalue weighted by Gasteiger charge is 2.03. The van der Waals surface area contributed by atoms with Gasteiger partial charge in [-0.3, -0.25) is 4.79 Å². The fourth-order valence-electron chi connectivity index (χ4n) is 1.55. The molecule has 0 unspecified atom stereocenters. The summed E-state index contributed by atoms with van der Waals surface area (Å²) >= 11 is 0. The smallest absolute Gasteiger partial charge is 0.221 e. The lowest BCUT2D eigenvalue weighted by Gasteiger charge is -2.07. The van der Waals surface area contributed by atoms with E-state index in [1.165, 1.54) is 6.07 Å². The second-order valence-corrected chi connectivity index (χ2v) is 4.22. The van der Waals surface area contributed by atoms with Crippen LogP contribution in [0.15, 0.2) is 24.3 Å². The Morgan fingerprint density at radius 2 is 2.06 bits per heavy atom. The molecule has 0 aliphatic carbocycles. The van der Waals surface area contributed by atoms with Gasteiger partial charge in [0, 0.05) is 25.1 Å². The lowest BCUT2D eigenvalue weighted by Crippen LogP contribution is -2.28. The van der Waals surface area contributed by atoms with Crippen LogP contribution >= 0.6 is 0 Å². The molecular weight excluding hydrogens is 231 g/mol. The first-order valence-electron chi connectivity index (χ1n) is 6.45. The molecule has 0 atom stereocenters. The average molecular weight is 252 g/mol. The number of carbonyl (C=O) groups is 1. The maximum atomic E-state index is 13.3. The number of hydrogen-bond donors (Lipinski definition) is 2. The maximum Gasteiger partial charge on any atom is 0.221 e. The summed E-state index contributed by atoms with van der Waals surface area (Å²) in [7, 11) is 0. The molecule has 0 aromatic heterocycles. The van der Waals surface area contributed by atoms with E-state index in [1.54, 1.807) is 18.2 Å². The van der Waals surface area contributed by atoms with Crippen molar-refractivity contribution in [3.8, 4) is 0 Å². The van der Waals surface area contributed by atoms with Crippen LogP contribution in [0.25, 0.3) is 0 Å². The number of unbranched alkanes of at least 4 members (excludes halogenated alkanes) is 1. The van der Waals surface area contributed by atoms with Gasteiger partial charge in [-0.2, -0.15) is 0 Å². The van der Waals surface area contributed by atoms with Gasteiger partial charge in [0.1, 0.15) is 5.82 Å². The third-order valence-corrected chi connectivity index (χ3v) is 2.67. The Hall–Kier alpha value is -1.42. The highest BCUT2D eigenvalue weighted by Crippen LogP contribution is 2.05. The molecule has 1 rings (SSSR count). The summed E-state index contributed by atoms with van der Waals surface area (Å²) in [5.74, 6) is -0.332. The van der Waals surface area contributed by atoms with Crippen molar-refractivity contribution in [2.24, 2.45) is 0 Å². The monoisotopic (exact) mass is 252 g/mol. The zero-order chi connectivity index (χ0) is 13.2. The van der Waals surface area contributed by atoms with Crippen molar-refractivity contribution in [2.45, 2.75) is 32.7 Å². The number of hydrogen-bond acceptors (Lipinski definition) is 2. The van der Waals surface area contributed by atoms with Crippen LogP contribution < -0.4 is 10.6 Å². The van der Waals surface area contributed by atoms with E-state index in [4.69, 9.17) is 0 Å². The van der Waals surface area contributed by atoms with Gasteiger partial charge >= 0.3 is 0 Å². The first-order chi connectivity index (χ1) is 8.74. The maximum absolute atomic E-state index is 13.3. The summed E-state index contributed by atoms with van der Waals surface area (Å²) in [6.45, 7) is 3.99. The molecule has 4 heteroatoms. The Kier molecular flexibility index (Phi) is 7.03. The molecule has 18 heavy (non-hydrogen) atoms. The van der Waals surface area contributed by atoms with Gasteiger partial charge in [0.15, 0.2) is 0 Å². The molecule has 0 aliphatic heterocycles. The van der Waals surface area contributed by atoms with Gasteiger partial charge in [0.2, 0.25) is 5.91 Å². The Bertz CT molecular complexity index is 369. The van der Waals surface area contributed by atoms with Crippen LogP contribution in [0, 0.1) is 5.82 Å². The summed E-state index contributed by atoms with van der Waals surface area (Å²) in [5.41, 5.74) is 0.518. The molecule has 0 heterocycles. The summed E-state index contributed by atoms with van der Waals surface area (Å²) in [4.78, 5) is 11.5. The van der Waals surface area contributed by atoms with Crippen molar-refractivity contribution in [1.29, 1.82) is 0 Å². The van der Waals surface area contributed by atoms with Crippen LogP contribution in [0.3, 0.4) is 0 Å². The molecule has 0 aliphatic rings. The summed E-state index contributed by atoms with van der Waals surface area (Å²) in [5, 5.41) is 5.90. The molecule has 1 aromatic rings. The van der Waals surface area contributed by atoms with E-state index in [0.29, 0.717) is 18.5 Å². The Balaban J connectivity index is 2.15. The van der Waals surface area contributed by atoms with Gasteiger partial charge in [-0.25, -0.2) is 4.39 Å². The van der Waals surface area contributed by atoms with Crippen molar-refractivity contribution >= 4 is 5.91 Å². The Morgan fingerprint density at radius 1 is 1.28 bits per heavy atom. The first kappa shape index (κ1) is 14.6. The molecule has 0 saturated carbocycles. The van der Waals surface area contributed by atoms with E-state index in [0.717, 1.165) is 19.4 Å². The number of carbonyl (C=O) groups excluding carboxylic acids is 1. The minimum Gasteiger partial charge on any atom is -0.352 e. The fourth-order valence-corrected chi connectivity index (χ4v) is 1.55. The summed E-state index contributed by atoms with van der Waals surface area (Å²) < 4.78 is 13.3. The summed E-state index contributed by atoms with van der Waals surface area (Å²) in [6.07, 6.45) is 2.70. The lowest BCUT2D eigenvalue weighted by molar-refractivity contribution is -0.121. The standard InChI is InChI=1S/C14H21FN2O/c1-2-3-9-16-10-8-14(18)17-11-12-6-4-5-7-13(12)15/h4-7,16H,2-3,8-11H2,1H3,(H,17,18). The second-order valence-electron chi connectivity index (χ2n) is 4.22. The summed E-state index contributed by atoms with van der Waals surface area (Å²) in [6, 6.07) is 6.47. The Morgan fingerprint density at radius 3 is 2.78 bits per heavy atom. The largest absolute Gasteiger partial charge is 0.352 e. The predicted molar refractivity (Wildman–Crippen MR) is 70.6 cm³/mol.